The molecule has 2 rings (SSSR count). The summed E-state index contributed by atoms with van der Waals surface area (Å²) in [6, 6.07) is 8.21. The molecule has 1 unspecified atom stereocenters. The van der Waals surface area contributed by atoms with Gasteiger partial charge in [0, 0.05) is 24.7 Å². The maximum atomic E-state index is 12.4. The Labute approximate surface area is 127 Å². The Hall–Kier alpha value is -1.06. The summed E-state index contributed by atoms with van der Waals surface area (Å²) in [5.74, 6) is 0.119. The highest BCUT2D eigenvalue weighted by atomic mass is 35.5. The number of rotatable bonds is 2. The molecule has 3 nitrogen and oxygen atoms in total. The maximum Gasteiger partial charge on any atom is 0.254 e. The van der Waals surface area contributed by atoms with Crippen molar-refractivity contribution in [2.75, 3.05) is 13.1 Å². The Morgan fingerprint density at radius 1 is 1.30 bits per heavy atom. The fourth-order valence-electron chi connectivity index (χ4n) is 2.63. The second-order valence-electron chi connectivity index (χ2n) is 6.36. The van der Waals surface area contributed by atoms with Crippen LogP contribution in [0.2, 0.25) is 0 Å². The molecule has 1 heterocycles. The van der Waals surface area contributed by atoms with Crippen LogP contribution < -0.4 is 5.73 Å². The molecule has 0 aromatic heterocycles. The third-order valence-corrected chi connectivity index (χ3v) is 3.91. The van der Waals surface area contributed by atoms with Crippen LogP contribution in [0.5, 0.6) is 0 Å². The molecule has 1 atom stereocenters. The van der Waals surface area contributed by atoms with E-state index in [4.69, 9.17) is 5.73 Å². The molecule has 1 aromatic carbocycles. The molecule has 1 saturated heterocycles. The smallest absolute Gasteiger partial charge is 0.254 e. The molecule has 0 radical (unpaired) electrons. The second kappa shape index (κ2) is 6.59. The standard InChI is InChI=1S/C16H24N2O.ClH/c1-16(2,3)13-8-6-12(7-9-13)15(19)18-10-4-5-14(18)11-17;/h6-9,14H,4-5,10-11,17H2,1-3H3;1H. The van der Waals surface area contributed by atoms with E-state index in [2.05, 4.69) is 32.9 Å². The second-order valence-corrected chi connectivity index (χ2v) is 6.36. The Morgan fingerprint density at radius 3 is 2.40 bits per heavy atom. The van der Waals surface area contributed by atoms with Crippen molar-refractivity contribution in [3.63, 3.8) is 0 Å². The minimum atomic E-state index is 0. The van der Waals surface area contributed by atoms with Gasteiger partial charge in [-0.1, -0.05) is 32.9 Å². The van der Waals surface area contributed by atoms with Crippen LogP contribution in [0.1, 0.15) is 49.5 Å². The summed E-state index contributed by atoms with van der Waals surface area (Å²) in [5.41, 5.74) is 7.87. The largest absolute Gasteiger partial charge is 0.334 e. The minimum Gasteiger partial charge on any atom is -0.334 e. The zero-order valence-corrected chi connectivity index (χ0v) is 13.4. The Morgan fingerprint density at radius 2 is 1.90 bits per heavy atom. The maximum absolute atomic E-state index is 12.4. The van der Waals surface area contributed by atoms with E-state index >= 15 is 0 Å². The van der Waals surface area contributed by atoms with Gasteiger partial charge >= 0.3 is 0 Å². The van der Waals surface area contributed by atoms with Gasteiger partial charge < -0.3 is 10.6 Å². The van der Waals surface area contributed by atoms with Gasteiger partial charge in [0.25, 0.3) is 5.91 Å². The summed E-state index contributed by atoms with van der Waals surface area (Å²) in [5, 5.41) is 0. The number of amides is 1. The number of carbonyl (C=O) groups excluding carboxylic acids is 1. The molecule has 20 heavy (non-hydrogen) atoms. The lowest BCUT2D eigenvalue weighted by molar-refractivity contribution is 0.0741. The van der Waals surface area contributed by atoms with Gasteiger partial charge in [0.05, 0.1) is 0 Å². The predicted octanol–water partition coefficient (Wildman–Crippen LogP) is 2.97. The molecule has 1 fully saturated rings. The van der Waals surface area contributed by atoms with Gasteiger partial charge in [0.15, 0.2) is 0 Å². The van der Waals surface area contributed by atoms with Crippen molar-refractivity contribution in [2.24, 2.45) is 5.73 Å². The van der Waals surface area contributed by atoms with Crippen LogP contribution in [0.25, 0.3) is 0 Å². The highest BCUT2D eigenvalue weighted by Gasteiger charge is 2.28. The summed E-state index contributed by atoms with van der Waals surface area (Å²) in [6.45, 7) is 7.92. The van der Waals surface area contributed by atoms with Crippen LogP contribution in [-0.4, -0.2) is 29.9 Å². The first-order chi connectivity index (χ1) is 8.93. The van der Waals surface area contributed by atoms with E-state index in [9.17, 15) is 4.79 Å². The summed E-state index contributed by atoms with van der Waals surface area (Å²) < 4.78 is 0. The van der Waals surface area contributed by atoms with E-state index in [1.165, 1.54) is 5.56 Å². The van der Waals surface area contributed by atoms with Gasteiger partial charge in [0.1, 0.15) is 0 Å². The van der Waals surface area contributed by atoms with Gasteiger partial charge in [-0.15, -0.1) is 12.4 Å². The van der Waals surface area contributed by atoms with Crippen molar-refractivity contribution in [3.8, 4) is 0 Å². The zero-order chi connectivity index (χ0) is 14.0. The first-order valence-electron chi connectivity index (χ1n) is 7.05. The van der Waals surface area contributed by atoms with E-state index in [0.29, 0.717) is 6.54 Å². The van der Waals surface area contributed by atoms with Crippen LogP contribution in [-0.2, 0) is 5.41 Å². The predicted molar refractivity (Wildman–Crippen MR) is 85.5 cm³/mol. The lowest BCUT2D eigenvalue weighted by Gasteiger charge is -2.24. The van der Waals surface area contributed by atoms with Crippen LogP contribution >= 0.6 is 12.4 Å². The van der Waals surface area contributed by atoms with Crippen molar-refractivity contribution in [1.29, 1.82) is 0 Å². The summed E-state index contributed by atoms with van der Waals surface area (Å²) >= 11 is 0. The number of nitrogens with two attached hydrogens (primary N) is 1. The Balaban J connectivity index is 0.00000200. The lowest BCUT2D eigenvalue weighted by atomic mass is 9.86. The number of carbonyl (C=O) groups is 1. The molecule has 112 valence electrons. The van der Waals surface area contributed by atoms with Gasteiger partial charge in [0.2, 0.25) is 0 Å². The molecule has 1 aliphatic rings. The number of halogens is 1. The molecule has 0 bridgehead atoms. The third-order valence-electron chi connectivity index (χ3n) is 3.91. The summed E-state index contributed by atoms with van der Waals surface area (Å²) in [4.78, 5) is 14.4. The Kier molecular flexibility index (Phi) is 5.60. The number of hydrogen-bond donors (Lipinski definition) is 1. The zero-order valence-electron chi connectivity index (χ0n) is 12.6. The SMILES string of the molecule is CC(C)(C)c1ccc(C(=O)N2CCCC2CN)cc1.Cl. The first kappa shape index (κ1) is 17.0. The van der Waals surface area contributed by atoms with E-state index in [1.807, 2.05) is 17.0 Å². The van der Waals surface area contributed by atoms with Crippen molar-refractivity contribution in [2.45, 2.75) is 45.1 Å². The quantitative estimate of drug-likeness (QED) is 0.912. The number of nitrogens with zero attached hydrogens (tertiary/aromatic N) is 1. The average Bonchev–Trinajstić information content (AvgIpc) is 2.85. The molecule has 0 aliphatic carbocycles. The van der Waals surface area contributed by atoms with Gasteiger partial charge in [-0.05, 0) is 36.0 Å². The molecular formula is C16H25ClN2O. The van der Waals surface area contributed by atoms with Crippen molar-refractivity contribution >= 4 is 18.3 Å². The fraction of sp³-hybridized carbons (Fsp3) is 0.562. The van der Waals surface area contributed by atoms with Gasteiger partial charge in [-0.2, -0.15) is 0 Å². The molecular weight excluding hydrogens is 272 g/mol. The number of hydrogen-bond acceptors (Lipinski definition) is 2. The molecule has 1 aromatic rings. The molecule has 0 saturated carbocycles. The highest BCUT2D eigenvalue weighted by Crippen LogP contribution is 2.24. The summed E-state index contributed by atoms with van der Waals surface area (Å²) in [6.07, 6.45) is 2.09. The van der Waals surface area contributed by atoms with Crippen molar-refractivity contribution < 1.29 is 4.79 Å². The molecule has 0 spiro atoms. The van der Waals surface area contributed by atoms with E-state index < -0.39 is 0 Å². The molecule has 2 N–H and O–H groups in total. The van der Waals surface area contributed by atoms with Crippen LogP contribution in [0.3, 0.4) is 0 Å². The fourth-order valence-corrected chi connectivity index (χ4v) is 2.63. The van der Waals surface area contributed by atoms with Crippen molar-refractivity contribution in [1.82, 2.24) is 4.90 Å². The van der Waals surface area contributed by atoms with Gasteiger partial charge in [-0.25, -0.2) is 0 Å². The summed E-state index contributed by atoms with van der Waals surface area (Å²) in [7, 11) is 0. The van der Waals surface area contributed by atoms with E-state index in [-0.39, 0.29) is 29.8 Å². The van der Waals surface area contributed by atoms with E-state index in [1.54, 1.807) is 0 Å². The molecule has 4 heteroatoms. The van der Waals surface area contributed by atoms with Crippen LogP contribution in [0.15, 0.2) is 24.3 Å². The highest BCUT2D eigenvalue weighted by molar-refractivity contribution is 5.94. The van der Waals surface area contributed by atoms with Crippen LogP contribution in [0, 0.1) is 0 Å². The first-order valence-corrected chi connectivity index (χ1v) is 7.05. The lowest BCUT2D eigenvalue weighted by Crippen LogP contribution is -2.39. The van der Waals surface area contributed by atoms with E-state index in [0.717, 1.165) is 24.9 Å². The normalized spacial score (nSPS) is 18.8. The Bertz CT molecular complexity index is 451. The minimum absolute atomic E-state index is 0. The number of likely N-dealkylation sites (tertiary alicyclic amines) is 1. The topological polar surface area (TPSA) is 46.3 Å². The average molecular weight is 297 g/mol. The monoisotopic (exact) mass is 296 g/mol. The van der Waals surface area contributed by atoms with Crippen molar-refractivity contribution in [3.05, 3.63) is 35.4 Å². The molecule has 1 amide bonds. The van der Waals surface area contributed by atoms with Gasteiger partial charge in [-0.3, -0.25) is 4.79 Å². The third kappa shape index (κ3) is 3.53. The van der Waals surface area contributed by atoms with Crippen LogP contribution in [0.4, 0.5) is 0 Å². The number of benzene rings is 1. The molecule has 1 aliphatic heterocycles.